The van der Waals surface area contributed by atoms with E-state index in [9.17, 15) is 9.59 Å². The minimum absolute atomic E-state index is 0.0632. The van der Waals surface area contributed by atoms with Crippen molar-refractivity contribution >= 4 is 40.2 Å². The van der Waals surface area contributed by atoms with E-state index in [-0.39, 0.29) is 24.6 Å². The summed E-state index contributed by atoms with van der Waals surface area (Å²) in [5.41, 5.74) is 7.61. The van der Waals surface area contributed by atoms with E-state index in [1.54, 1.807) is 0 Å². The van der Waals surface area contributed by atoms with Gasteiger partial charge in [0.15, 0.2) is 0 Å². The lowest BCUT2D eigenvalue weighted by atomic mass is 10.1. The number of carbonyl (C=O) groups is 2. The summed E-state index contributed by atoms with van der Waals surface area (Å²) >= 11 is 0. The highest BCUT2D eigenvalue weighted by Crippen LogP contribution is 2.28. The minimum Gasteiger partial charge on any atom is -0.481 e. The number of aromatic nitrogens is 2. The number of nitrogen functional groups attached to an aromatic ring is 1. The molecule has 1 fully saturated rings. The first-order chi connectivity index (χ1) is 12.9. The Morgan fingerprint density at radius 3 is 2.63 bits per heavy atom. The van der Waals surface area contributed by atoms with Crippen molar-refractivity contribution in [2.45, 2.75) is 12.8 Å². The maximum absolute atomic E-state index is 11.8. The van der Waals surface area contributed by atoms with Gasteiger partial charge in [0.2, 0.25) is 11.9 Å². The van der Waals surface area contributed by atoms with Crippen molar-refractivity contribution in [1.82, 2.24) is 9.97 Å². The second kappa shape index (κ2) is 8.20. The lowest BCUT2D eigenvalue weighted by molar-refractivity contribution is -0.138. The van der Waals surface area contributed by atoms with Crippen LogP contribution in [0.15, 0.2) is 18.2 Å². The zero-order chi connectivity index (χ0) is 19.4. The smallest absolute Gasteiger partial charge is 0.303 e. The van der Waals surface area contributed by atoms with Crippen molar-refractivity contribution in [1.29, 1.82) is 0 Å². The first kappa shape index (κ1) is 18.9. The maximum atomic E-state index is 11.8. The molecular weight excluding hydrogens is 346 g/mol. The Bertz CT molecular complexity index is 849. The van der Waals surface area contributed by atoms with Crippen LogP contribution in [0.3, 0.4) is 0 Å². The quantitative estimate of drug-likeness (QED) is 0.684. The molecule has 8 nitrogen and oxygen atoms in total. The lowest BCUT2D eigenvalue weighted by Crippen LogP contribution is -2.23. The number of rotatable bonds is 7. The van der Waals surface area contributed by atoms with Crippen molar-refractivity contribution in [2.24, 2.45) is 0 Å². The van der Waals surface area contributed by atoms with E-state index in [1.807, 2.05) is 38.1 Å². The number of benzene rings is 1. The molecule has 1 aromatic heterocycles. The van der Waals surface area contributed by atoms with Gasteiger partial charge in [-0.2, -0.15) is 4.98 Å². The van der Waals surface area contributed by atoms with Gasteiger partial charge in [0.05, 0.1) is 11.9 Å². The molecule has 1 amide bonds. The number of carbonyl (C=O) groups excluding carboxylic acids is 1. The fourth-order valence-corrected chi connectivity index (χ4v) is 2.73. The van der Waals surface area contributed by atoms with Crippen LogP contribution in [-0.4, -0.2) is 40.5 Å². The van der Waals surface area contributed by atoms with E-state index < -0.39 is 11.9 Å². The van der Waals surface area contributed by atoms with E-state index in [4.69, 9.17) is 10.8 Å². The summed E-state index contributed by atoms with van der Waals surface area (Å²) in [7, 11) is 1.99. The van der Waals surface area contributed by atoms with Crippen molar-refractivity contribution in [3.05, 3.63) is 49.8 Å². The minimum atomic E-state index is -1.04. The molecule has 27 heavy (non-hydrogen) atoms. The van der Waals surface area contributed by atoms with Gasteiger partial charge in [-0.15, -0.1) is 0 Å². The predicted molar refractivity (Wildman–Crippen MR) is 103 cm³/mol. The third kappa shape index (κ3) is 4.84. The maximum Gasteiger partial charge on any atom is 0.303 e. The number of fused-ring (bicyclic) bond motifs is 1. The van der Waals surface area contributed by atoms with E-state index in [0.29, 0.717) is 10.9 Å². The van der Waals surface area contributed by atoms with E-state index >= 15 is 0 Å². The molecule has 1 aromatic carbocycles. The summed E-state index contributed by atoms with van der Waals surface area (Å²) < 4.78 is 0. The van der Waals surface area contributed by atoms with Crippen LogP contribution < -0.4 is 16.0 Å². The molecule has 139 valence electrons. The number of amides is 1. The second-order valence-corrected chi connectivity index (χ2v) is 6.23. The van der Waals surface area contributed by atoms with Gasteiger partial charge in [-0.1, -0.05) is 0 Å². The number of aliphatic carboxylic acids is 1. The van der Waals surface area contributed by atoms with Crippen LogP contribution in [0.25, 0.3) is 10.9 Å². The highest BCUT2D eigenvalue weighted by atomic mass is 16.4. The average molecular weight is 366 g/mol. The number of hydrogen-bond acceptors (Lipinski definition) is 6. The highest BCUT2D eigenvalue weighted by Gasteiger charge is 2.19. The third-order valence-corrected chi connectivity index (χ3v) is 4.12. The number of carboxylic acid groups (broad SMARTS) is 1. The molecule has 2 aromatic rings. The lowest BCUT2D eigenvalue weighted by Gasteiger charge is -2.23. The largest absolute Gasteiger partial charge is 0.481 e. The SMILES string of the molecule is CN(C[C]1[CH][CH][CH][CH]1)c1ccc2nc(NC(=O)CCC(=O)O)nc(N)c2c1. The van der Waals surface area contributed by atoms with Crippen LogP contribution >= 0.6 is 0 Å². The molecule has 0 aliphatic heterocycles. The van der Waals surface area contributed by atoms with Crippen molar-refractivity contribution in [2.75, 3.05) is 29.5 Å². The first-order valence-electron chi connectivity index (χ1n) is 8.43. The monoisotopic (exact) mass is 366 g/mol. The molecule has 1 aliphatic carbocycles. The Morgan fingerprint density at radius 2 is 1.93 bits per heavy atom. The van der Waals surface area contributed by atoms with Gasteiger partial charge in [0.25, 0.3) is 0 Å². The molecule has 1 saturated carbocycles. The predicted octanol–water partition coefficient (Wildman–Crippen LogP) is 1.86. The van der Waals surface area contributed by atoms with Gasteiger partial charge in [0.1, 0.15) is 5.82 Å². The Morgan fingerprint density at radius 1 is 1.19 bits per heavy atom. The van der Waals surface area contributed by atoms with Crippen LogP contribution in [0.4, 0.5) is 17.5 Å². The van der Waals surface area contributed by atoms with Gasteiger partial charge in [-0.3, -0.25) is 14.9 Å². The Balaban J connectivity index is 1.74. The number of hydrogen-bond donors (Lipinski definition) is 3. The van der Waals surface area contributed by atoms with Gasteiger partial charge in [-0.05, 0) is 43.9 Å². The average Bonchev–Trinajstić information content (AvgIpc) is 3.12. The van der Waals surface area contributed by atoms with Crippen LogP contribution in [-0.2, 0) is 9.59 Å². The number of nitrogens with one attached hydrogen (secondary N) is 1. The molecule has 1 heterocycles. The van der Waals surface area contributed by atoms with Crippen molar-refractivity contribution < 1.29 is 14.7 Å². The summed E-state index contributed by atoms with van der Waals surface area (Å²) in [5, 5.41) is 11.8. The van der Waals surface area contributed by atoms with Gasteiger partial charge < -0.3 is 15.7 Å². The molecule has 8 heteroatoms. The fourth-order valence-electron chi connectivity index (χ4n) is 2.73. The zero-order valence-electron chi connectivity index (χ0n) is 14.8. The molecule has 1 aliphatic rings. The standard InChI is InChI=1S/C19H20N5O3/c1-24(11-12-4-2-3-5-12)13-6-7-15-14(10-13)18(20)23-19(21-15)22-16(25)8-9-17(26)27/h2-7,10H,8-9,11H2,1H3,(H,26,27)(H3,20,21,22,23,25). The van der Waals surface area contributed by atoms with E-state index in [0.717, 1.165) is 12.2 Å². The summed E-state index contributed by atoms with van der Waals surface area (Å²) in [4.78, 5) is 32.8. The molecule has 3 rings (SSSR count). The zero-order valence-corrected chi connectivity index (χ0v) is 14.8. The van der Waals surface area contributed by atoms with E-state index in [1.165, 1.54) is 5.92 Å². The molecule has 0 bridgehead atoms. The van der Waals surface area contributed by atoms with Crippen LogP contribution in [0.2, 0.25) is 0 Å². The molecule has 0 atom stereocenters. The number of anilines is 3. The van der Waals surface area contributed by atoms with Gasteiger partial charge in [0, 0.05) is 37.0 Å². The van der Waals surface area contributed by atoms with Crippen LogP contribution in [0, 0.1) is 31.6 Å². The number of carboxylic acids is 1. The van der Waals surface area contributed by atoms with Crippen molar-refractivity contribution in [3.63, 3.8) is 0 Å². The normalized spacial score (nSPS) is 14.4. The molecule has 0 unspecified atom stereocenters. The van der Waals surface area contributed by atoms with Gasteiger partial charge in [-0.25, -0.2) is 4.98 Å². The van der Waals surface area contributed by atoms with Gasteiger partial charge >= 0.3 is 5.97 Å². The van der Waals surface area contributed by atoms with Crippen LogP contribution in [0.1, 0.15) is 12.8 Å². The summed E-state index contributed by atoms with van der Waals surface area (Å²) in [6.07, 6.45) is 7.72. The summed E-state index contributed by atoms with van der Waals surface area (Å²) in [6.45, 7) is 0.761. The molecule has 4 N–H and O–H groups in total. The number of nitrogens with two attached hydrogens (primary N) is 1. The molecular formula is C19H20N5O3. The summed E-state index contributed by atoms with van der Waals surface area (Å²) in [5.74, 6) is 0.0105. The Hall–Kier alpha value is -2.90. The Kier molecular flexibility index (Phi) is 5.73. The van der Waals surface area contributed by atoms with Crippen LogP contribution in [0.5, 0.6) is 0 Å². The Labute approximate surface area is 157 Å². The topological polar surface area (TPSA) is 121 Å². The molecule has 0 saturated heterocycles. The summed E-state index contributed by atoms with van der Waals surface area (Å²) in [6, 6.07) is 5.65. The highest BCUT2D eigenvalue weighted by molar-refractivity contribution is 5.95. The number of nitrogens with zero attached hydrogens (tertiary/aromatic N) is 3. The molecule has 5 radical (unpaired) electrons. The van der Waals surface area contributed by atoms with E-state index in [2.05, 4.69) is 33.0 Å². The third-order valence-electron chi connectivity index (χ3n) is 4.12. The van der Waals surface area contributed by atoms with Crippen molar-refractivity contribution in [3.8, 4) is 0 Å². The second-order valence-electron chi connectivity index (χ2n) is 6.23. The fraction of sp³-hybridized carbons (Fsp3) is 0.211. The first-order valence-corrected chi connectivity index (χ1v) is 8.43. The molecule has 0 spiro atoms.